The Morgan fingerprint density at radius 3 is 2.54 bits per heavy atom. The van der Waals surface area contributed by atoms with Gasteiger partial charge < -0.3 is 9.73 Å². The average Bonchev–Trinajstić information content (AvgIpc) is 3.25. The number of hydrogen-bond donors (Lipinski definition) is 1. The Balaban J connectivity index is 1.71. The Kier molecular flexibility index (Phi) is 4.93. The van der Waals surface area contributed by atoms with E-state index >= 15 is 0 Å². The third kappa shape index (κ3) is 3.27. The van der Waals surface area contributed by atoms with Crippen LogP contribution in [0, 0.1) is 0 Å². The van der Waals surface area contributed by atoms with Gasteiger partial charge in [-0.3, -0.25) is 14.5 Å². The van der Waals surface area contributed by atoms with Gasteiger partial charge in [0.15, 0.2) is 11.3 Å². The molecule has 1 aromatic carbocycles. The van der Waals surface area contributed by atoms with Crippen LogP contribution in [-0.2, 0) is 16.8 Å². The highest BCUT2D eigenvalue weighted by Gasteiger charge is 2.51. The Morgan fingerprint density at radius 1 is 1.19 bits per heavy atom. The van der Waals surface area contributed by atoms with Crippen LogP contribution in [0.25, 0.3) is 0 Å². The van der Waals surface area contributed by atoms with Crippen LogP contribution in [0.5, 0.6) is 0 Å². The highest BCUT2D eigenvalue weighted by atomic mass is 16.3. The number of aryl methyl sites for hydroxylation is 1. The van der Waals surface area contributed by atoms with Gasteiger partial charge in [0, 0.05) is 5.56 Å². The number of rotatable bonds is 7. The first-order valence-electron chi connectivity index (χ1n) is 8.76. The van der Waals surface area contributed by atoms with Gasteiger partial charge in [-0.1, -0.05) is 37.6 Å². The Hall–Kier alpha value is -2.89. The molecule has 1 unspecified atom stereocenters. The van der Waals surface area contributed by atoms with E-state index in [-0.39, 0.29) is 12.3 Å². The van der Waals surface area contributed by atoms with Crippen molar-refractivity contribution in [3.63, 3.8) is 0 Å². The van der Waals surface area contributed by atoms with Crippen LogP contribution in [0.4, 0.5) is 4.79 Å². The molecule has 1 fully saturated rings. The zero-order valence-electron chi connectivity index (χ0n) is 15.0. The largest absolute Gasteiger partial charge is 0.466 e. The van der Waals surface area contributed by atoms with E-state index in [0.29, 0.717) is 11.3 Å². The molecule has 3 rings (SSSR count). The van der Waals surface area contributed by atoms with E-state index in [4.69, 9.17) is 4.42 Å². The van der Waals surface area contributed by atoms with Gasteiger partial charge in [-0.25, -0.2) is 4.79 Å². The molecule has 3 amide bonds. The maximum atomic E-state index is 12.7. The molecule has 6 heteroatoms. The number of Topliss-reactive ketones (excluding diaryl/α,β-unsaturated/α-hetero) is 1. The van der Waals surface area contributed by atoms with Crippen LogP contribution in [-0.4, -0.2) is 29.2 Å². The fourth-order valence-corrected chi connectivity index (χ4v) is 3.04. The summed E-state index contributed by atoms with van der Waals surface area (Å²) in [5, 5.41) is 2.61. The first kappa shape index (κ1) is 17.9. The molecule has 0 spiro atoms. The Labute approximate surface area is 152 Å². The van der Waals surface area contributed by atoms with E-state index in [0.717, 1.165) is 24.2 Å². The van der Waals surface area contributed by atoms with Gasteiger partial charge in [-0.2, -0.15) is 0 Å². The summed E-state index contributed by atoms with van der Waals surface area (Å²) in [6.07, 6.45) is 4.62. The summed E-state index contributed by atoms with van der Waals surface area (Å²) in [6, 6.07) is 10.0. The SMILES string of the molecule is CCCCc1ccc(C(=O)CN2C(=O)NC(C)(c3ccco3)C2=O)cc1. The highest BCUT2D eigenvalue weighted by Crippen LogP contribution is 2.29. The quantitative estimate of drug-likeness (QED) is 0.611. The highest BCUT2D eigenvalue weighted by molar-refractivity contribution is 6.11. The number of benzene rings is 1. The summed E-state index contributed by atoms with van der Waals surface area (Å²) >= 11 is 0. The van der Waals surface area contributed by atoms with E-state index in [9.17, 15) is 14.4 Å². The molecule has 0 saturated carbocycles. The van der Waals surface area contributed by atoms with Crippen LogP contribution in [0.1, 0.15) is 48.4 Å². The molecule has 1 aliphatic rings. The fraction of sp³-hybridized carbons (Fsp3) is 0.350. The molecular formula is C20H22N2O4. The lowest BCUT2D eigenvalue weighted by Gasteiger charge is -2.18. The number of unbranched alkanes of at least 4 members (excludes halogenated alkanes) is 1. The summed E-state index contributed by atoms with van der Waals surface area (Å²) in [7, 11) is 0. The minimum Gasteiger partial charge on any atom is -0.466 e. The molecule has 2 aromatic rings. The standard InChI is InChI=1S/C20H22N2O4/c1-3-4-6-14-8-10-15(11-9-14)16(23)13-22-18(24)20(2,21-19(22)25)17-7-5-12-26-17/h5,7-12H,3-4,6,13H2,1-2H3,(H,21,25). The lowest BCUT2D eigenvalue weighted by Crippen LogP contribution is -2.41. The zero-order valence-corrected chi connectivity index (χ0v) is 15.0. The number of imide groups is 1. The number of urea groups is 1. The fourth-order valence-electron chi connectivity index (χ4n) is 3.04. The predicted octanol–water partition coefficient (Wildman–Crippen LogP) is 3.27. The lowest BCUT2D eigenvalue weighted by molar-refractivity contribution is -0.131. The molecule has 0 bridgehead atoms. The van der Waals surface area contributed by atoms with Crippen molar-refractivity contribution in [3.05, 3.63) is 59.5 Å². The van der Waals surface area contributed by atoms with Crippen LogP contribution in [0.3, 0.4) is 0 Å². The molecule has 26 heavy (non-hydrogen) atoms. The number of carbonyl (C=O) groups is 3. The molecule has 1 saturated heterocycles. The number of ketones is 1. The van der Waals surface area contributed by atoms with Crippen LogP contribution in [0.15, 0.2) is 47.1 Å². The minimum absolute atomic E-state index is 0.278. The topological polar surface area (TPSA) is 79.6 Å². The molecule has 1 aliphatic heterocycles. The first-order valence-corrected chi connectivity index (χ1v) is 8.76. The van der Waals surface area contributed by atoms with Gasteiger partial charge in [0.2, 0.25) is 0 Å². The zero-order chi connectivity index (χ0) is 18.7. The second-order valence-corrected chi connectivity index (χ2v) is 6.65. The number of nitrogens with zero attached hydrogens (tertiary/aromatic N) is 1. The number of carbonyl (C=O) groups excluding carboxylic acids is 3. The molecule has 1 atom stereocenters. The maximum Gasteiger partial charge on any atom is 0.325 e. The normalized spacial score (nSPS) is 19.7. The first-order chi connectivity index (χ1) is 12.5. The predicted molar refractivity (Wildman–Crippen MR) is 95.7 cm³/mol. The van der Waals surface area contributed by atoms with Crippen molar-refractivity contribution in [2.45, 2.75) is 38.6 Å². The van der Waals surface area contributed by atoms with Crippen molar-refractivity contribution >= 4 is 17.7 Å². The average molecular weight is 354 g/mol. The monoisotopic (exact) mass is 354 g/mol. The van der Waals surface area contributed by atoms with E-state index in [1.54, 1.807) is 31.2 Å². The number of nitrogens with one attached hydrogen (secondary N) is 1. The van der Waals surface area contributed by atoms with Gasteiger partial charge in [0.25, 0.3) is 5.91 Å². The van der Waals surface area contributed by atoms with Crippen molar-refractivity contribution in [2.24, 2.45) is 0 Å². The number of hydrogen-bond acceptors (Lipinski definition) is 4. The van der Waals surface area contributed by atoms with Crippen molar-refractivity contribution in [1.82, 2.24) is 10.2 Å². The van der Waals surface area contributed by atoms with Crippen molar-refractivity contribution in [3.8, 4) is 0 Å². The summed E-state index contributed by atoms with van der Waals surface area (Å²) in [4.78, 5) is 38.4. The second-order valence-electron chi connectivity index (χ2n) is 6.65. The summed E-state index contributed by atoms with van der Waals surface area (Å²) < 4.78 is 5.28. The summed E-state index contributed by atoms with van der Waals surface area (Å²) in [5.74, 6) is -0.435. The third-order valence-electron chi connectivity index (χ3n) is 4.69. The Morgan fingerprint density at radius 2 is 1.92 bits per heavy atom. The van der Waals surface area contributed by atoms with Crippen LogP contribution < -0.4 is 5.32 Å². The molecule has 0 aliphatic carbocycles. The molecule has 136 valence electrons. The summed E-state index contributed by atoms with van der Waals surface area (Å²) in [5.41, 5.74) is 0.367. The van der Waals surface area contributed by atoms with Gasteiger partial charge >= 0.3 is 6.03 Å². The smallest absolute Gasteiger partial charge is 0.325 e. The van der Waals surface area contributed by atoms with Crippen molar-refractivity contribution in [2.75, 3.05) is 6.54 Å². The van der Waals surface area contributed by atoms with Crippen molar-refractivity contribution in [1.29, 1.82) is 0 Å². The Bertz CT molecular complexity index is 811. The van der Waals surface area contributed by atoms with Crippen LogP contribution >= 0.6 is 0 Å². The van der Waals surface area contributed by atoms with E-state index < -0.39 is 17.5 Å². The van der Waals surface area contributed by atoms with Crippen molar-refractivity contribution < 1.29 is 18.8 Å². The molecule has 6 nitrogen and oxygen atoms in total. The van der Waals surface area contributed by atoms with Crippen LogP contribution in [0.2, 0.25) is 0 Å². The van der Waals surface area contributed by atoms with Gasteiger partial charge in [-0.05, 0) is 37.5 Å². The molecule has 0 radical (unpaired) electrons. The molecule has 1 N–H and O–H groups in total. The third-order valence-corrected chi connectivity index (χ3v) is 4.69. The minimum atomic E-state index is -1.29. The van der Waals surface area contributed by atoms with Gasteiger partial charge in [0.1, 0.15) is 5.76 Å². The van der Waals surface area contributed by atoms with Gasteiger partial charge in [-0.15, -0.1) is 0 Å². The van der Waals surface area contributed by atoms with E-state index in [1.165, 1.54) is 11.8 Å². The number of furan rings is 1. The molecule has 2 heterocycles. The molecule has 1 aromatic heterocycles. The summed E-state index contributed by atoms with van der Waals surface area (Å²) in [6.45, 7) is 3.40. The molecular weight excluding hydrogens is 332 g/mol. The van der Waals surface area contributed by atoms with E-state index in [1.807, 2.05) is 12.1 Å². The van der Waals surface area contributed by atoms with E-state index in [2.05, 4.69) is 12.2 Å². The van der Waals surface area contributed by atoms with Gasteiger partial charge in [0.05, 0.1) is 12.8 Å². The second kappa shape index (κ2) is 7.15. The number of amides is 3. The maximum absolute atomic E-state index is 12.7. The lowest BCUT2D eigenvalue weighted by atomic mass is 9.99.